The van der Waals surface area contributed by atoms with Gasteiger partial charge in [-0.05, 0) is 310 Å². The van der Waals surface area contributed by atoms with E-state index in [1.165, 1.54) is 90.9 Å². The van der Waals surface area contributed by atoms with E-state index in [0.29, 0.717) is 108 Å². The maximum Gasteiger partial charge on any atom is 0.125 e. The summed E-state index contributed by atoms with van der Waals surface area (Å²) in [6, 6.07) is 47.3. The fourth-order valence-corrected chi connectivity index (χ4v) is 17.9. The van der Waals surface area contributed by atoms with E-state index in [-0.39, 0.29) is 33.1 Å². The maximum absolute atomic E-state index is 10.5. The highest BCUT2D eigenvalue weighted by Gasteiger charge is 2.31. The number of aliphatic hydroxyl groups excluding tert-OH is 6. The van der Waals surface area contributed by atoms with Gasteiger partial charge in [0.25, 0.3) is 0 Å². The average Bonchev–Trinajstić information content (AvgIpc) is 0.837. The fourth-order valence-electron chi connectivity index (χ4n) is 17.9. The molecule has 140 heavy (non-hydrogen) atoms. The second-order valence-corrected chi connectivity index (χ2v) is 38.4. The summed E-state index contributed by atoms with van der Waals surface area (Å²) in [4.78, 5) is 0. The van der Waals surface area contributed by atoms with Crippen LogP contribution in [0.1, 0.15) is 513 Å². The summed E-state index contributed by atoms with van der Waals surface area (Å²) in [7, 11) is 0. The van der Waals surface area contributed by atoms with Gasteiger partial charge in [-0.2, -0.15) is 0 Å². The smallest absolute Gasteiger partial charge is 0.125 e. The van der Waals surface area contributed by atoms with E-state index in [1.54, 1.807) is 105 Å². The molecule has 7 atom stereocenters. The van der Waals surface area contributed by atoms with Crippen molar-refractivity contribution in [3.63, 3.8) is 0 Å². The molecule has 12 heteroatoms. The SMILES string of the molecule is C.[2H]C(O)(CCC)c1cccc(C#CC(O)(CCC)CCC)c1.[2H]C([2H])(C)CC(O)c1cccc(C#CC2(O)CCCCC2)c1.[2H]C([2H])(C)CC(O)c1cccc(C#CC2CCCCC2)c1.[2H]C([2H])(CC)C(O)c1cccc(C#CC2(O)CCCCC2)c1.[2H]C([2H])(CC)C(O)c1cccc(C#CC2CCCCC2)c1.[2H]c1cc(C#CC2(O)CCCCC2)cc(C(O)CCC)c1.[2H]c1ccc(C#CC2(O)CCCCC2)cc1C(O)CCC. The van der Waals surface area contributed by atoms with Crippen LogP contribution < -0.4 is 0 Å². The molecule has 13 rings (SSSR count). The highest BCUT2D eigenvalue weighted by atomic mass is 16.3. The average molecular weight is 1920 g/mol. The van der Waals surface area contributed by atoms with Crippen LogP contribution in [0, 0.1) is 94.7 Å². The van der Waals surface area contributed by atoms with Crippen LogP contribution in [0.4, 0.5) is 0 Å². The Hall–Kier alpha value is -9.02. The molecular weight excluding hydrogens is 1730 g/mol. The lowest BCUT2D eigenvalue weighted by molar-refractivity contribution is 0.0606. The van der Waals surface area contributed by atoms with Crippen molar-refractivity contribution < 1.29 is 76.4 Å². The van der Waals surface area contributed by atoms with E-state index in [9.17, 15) is 61.3 Å². The molecule has 0 radical (unpaired) electrons. The summed E-state index contributed by atoms with van der Waals surface area (Å²) in [6.07, 6.45) is 26.4. The first kappa shape index (κ1) is 102. The molecule has 6 saturated carbocycles. The third-order valence-electron chi connectivity index (χ3n) is 26.0. The lowest BCUT2D eigenvalue weighted by Crippen LogP contribution is -2.29. The van der Waals surface area contributed by atoms with E-state index in [1.807, 2.05) is 101 Å². The zero-order valence-electron chi connectivity index (χ0n) is 96.1. The predicted octanol–water partition coefficient (Wildman–Crippen LogP) is 28.0. The van der Waals surface area contributed by atoms with Gasteiger partial charge in [0.1, 0.15) is 28.0 Å². The van der Waals surface area contributed by atoms with E-state index >= 15 is 0 Å². The minimum atomic E-state index is -1.66. The molecule has 0 heterocycles. The normalized spacial score (nSPS) is 19.3. The third-order valence-corrected chi connectivity index (χ3v) is 26.0. The van der Waals surface area contributed by atoms with E-state index in [0.717, 1.165) is 174 Å². The van der Waals surface area contributed by atoms with Crippen molar-refractivity contribution in [3.8, 4) is 82.9 Å². The van der Waals surface area contributed by atoms with Crippen molar-refractivity contribution in [3.05, 3.63) is 248 Å². The van der Waals surface area contributed by atoms with Crippen LogP contribution in [0.5, 0.6) is 0 Å². The van der Waals surface area contributed by atoms with Crippen molar-refractivity contribution >= 4 is 0 Å². The first-order chi connectivity index (χ1) is 71.0. The van der Waals surface area contributed by atoms with Gasteiger partial charge in [0.05, 0.1) is 46.8 Å². The summed E-state index contributed by atoms with van der Waals surface area (Å²) in [5.41, 5.74) is 5.40. The second kappa shape index (κ2) is 66.8. The Morgan fingerprint density at radius 3 is 0.929 bits per heavy atom. The molecule has 6 aliphatic rings. The molecule has 0 saturated heterocycles. The molecule has 7 aromatic carbocycles. The standard InChI is InChI=1S/C19H28O2.4C18H24O2.2C18H24O.CH4/c1-4-8-18(20)17-10-7-9-16(15-17)11-14-19(21,12-5-2)13-6-3;4*1-2-7-17(19)16-9-6-8-15(14-16)10-13-18(20)11-4-3-5-12-18;2*1-2-7-18(19)17-11-6-10-16(14-17)13-12-15-8-4-3-5-9-15;/h7,9-10,15,18,20-21H,4-6,8,12-13H2,1-3H3;4*6,8-9,14,17,19-20H,2-5,7,11-12H2,1H3;2*6,10-11,14-15,18-19H,2-5,7-9H2,1H3;1H4/i18D;9D;7D2;6D;2D2;7D2;2D2;. The molecule has 6 aliphatic carbocycles. The van der Waals surface area contributed by atoms with Crippen molar-refractivity contribution in [2.24, 2.45) is 11.8 Å². The topological polar surface area (TPSA) is 243 Å². The predicted molar refractivity (Wildman–Crippen MR) is 579 cm³/mol. The van der Waals surface area contributed by atoms with E-state index in [2.05, 4.69) is 82.9 Å². The van der Waals surface area contributed by atoms with Crippen molar-refractivity contribution in [2.75, 3.05) is 0 Å². The Bertz CT molecular complexity index is 5720. The molecule has 12 nitrogen and oxygen atoms in total. The Morgan fingerprint density at radius 2 is 0.593 bits per heavy atom. The molecule has 12 N–H and O–H groups in total. The van der Waals surface area contributed by atoms with Crippen molar-refractivity contribution in [1.82, 2.24) is 0 Å². The van der Waals surface area contributed by atoms with Crippen LogP contribution in [-0.4, -0.2) is 89.3 Å². The molecule has 6 fully saturated rings. The number of benzene rings is 7. The van der Waals surface area contributed by atoms with Gasteiger partial charge in [-0.15, -0.1) is 0 Å². The van der Waals surface area contributed by atoms with Gasteiger partial charge < -0.3 is 61.3 Å². The minimum absolute atomic E-state index is 0. The first-order valence-corrected chi connectivity index (χ1v) is 52.4. The van der Waals surface area contributed by atoms with Crippen LogP contribution >= 0.6 is 0 Å². The Kier molecular flexibility index (Phi) is 48.8. The maximum atomic E-state index is 10.5. The van der Waals surface area contributed by atoms with Gasteiger partial charge in [-0.25, -0.2) is 0 Å². The zero-order valence-corrected chi connectivity index (χ0v) is 85.1. The molecule has 760 valence electrons. The molecular formula is C128H176O12. The molecule has 0 amide bonds. The summed E-state index contributed by atoms with van der Waals surface area (Å²) >= 11 is 0. The molecule has 0 aliphatic heterocycles. The number of aliphatic hydroxyl groups is 12. The van der Waals surface area contributed by atoms with Gasteiger partial charge in [0.15, 0.2) is 0 Å². The monoisotopic (exact) mass is 1920 g/mol. The van der Waals surface area contributed by atoms with Gasteiger partial charge in [-0.1, -0.05) is 359 Å². The van der Waals surface area contributed by atoms with Crippen molar-refractivity contribution in [2.45, 2.75) is 448 Å². The lowest BCUT2D eigenvalue weighted by Gasteiger charge is -2.26. The van der Waals surface area contributed by atoms with Gasteiger partial charge in [-0.3, -0.25) is 0 Å². The second-order valence-electron chi connectivity index (χ2n) is 38.4. The molecule has 0 aromatic heterocycles. The van der Waals surface area contributed by atoms with Gasteiger partial charge >= 0.3 is 0 Å². The third kappa shape index (κ3) is 46.1. The Labute approximate surface area is 862 Å². The van der Waals surface area contributed by atoms with Crippen LogP contribution in [0.15, 0.2) is 170 Å². The Morgan fingerprint density at radius 1 is 0.314 bits per heavy atom. The van der Waals surface area contributed by atoms with Gasteiger partial charge in [0, 0.05) is 61.7 Å². The van der Waals surface area contributed by atoms with E-state index < -0.39 is 96.2 Å². The van der Waals surface area contributed by atoms with Crippen molar-refractivity contribution in [1.29, 1.82) is 0 Å². The van der Waals surface area contributed by atoms with Crippen LogP contribution in [0.25, 0.3) is 0 Å². The number of hydrogen-bond acceptors (Lipinski definition) is 12. The number of hydrogen-bond donors (Lipinski definition) is 12. The lowest BCUT2D eigenvalue weighted by atomic mass is 9.85. The van der Waals surface area contributed by atoms with Crippen LogP contribution in [-0.2, 0) is 0 Å². The summed E-state index contributed by atoms with van der Waals surface area (Å²) in [5.74, 6) is 44.0. The quantitative estimate of drug-likeness (QED) is 0.0239. The molecule has 0 spiro atoms. The Balaban J connectivity index is 0.000000268. The zero-order chi connectivity index (χ0) is 110. The highest BCUT2D eigenvalue weighted by Crippen LogP contribution is 2.35. The van der Waals surface area contributed by atoms with E-state index in [4.69, 9.17) is 15.1 Å². The van der Waals surface area contributed by atoms with Crippen LogP contribution in [0.3, 0.4) is 0 Å². The fraction of sp³-hybridized carbons (Fsp3) is 0.562. The first-order valence-electron chi connectivity index (χ1n) is 57.9. The highest BCUT2D eigenvalue weighted by molar-refractivity contribution is 5.46. The van der Waals surface area contributed by atoms with Crippen LogP contribution in [0.2, 0.25) is 0 Å². The summed E-state index contributed by atoms with van der Waals surface area (Å²) in [6.45, 7) is 16.4. The number of rotatable bonds is 25. The summed E-state index contributed by atoms with van der Waals surface area (Å²) in [5, 5.41) is 123. The summed E-state index contributed by atoms with van der Waals surface area (Å²) < 4.78 is 85.3. The van der Waals surface area contributed by atoms with Gasteiger partial charge in [0.2, 0.25) is 0 Å². The largest absolute Gasteiger partial charge is 0.388 e. The molecule has 0 bridgehead atoms. The minimum Gasteiger partial charge on any atom is -0.388 e. The molecule has 7 unspecified atom stereocenters. The molecule has 7 aromatic rings.